The van der Waals surface area contributed by atoms with Gasteiger partial charge in [0.2, 0.25) is 0 Å². The van der Waals surface area contributed by atoms with Crippen LogP contribution < -0.4 is 0 Å². The molecule has 2 atom stereocenters. The first-order valence-corrected chi connectivity index (χ1v) is 6.64. The van der Waals surface area contributed by atoms with Crippen molar-refractivity contribution in [1.82, 2.24) is 4.90 Å². The van der Waals surface area contributed by atoms with Crippen LogP contribution in [0.5, 0.6) is 0 Å². The van der Waals surface area contributed by atoms with Crippen LogP contribution in [0.25, 0.3) is 0 Å². The first-order chi connectivity index (χ1) is 6.50. The fourth-order valence-electron chi connectivity index (χ4n) is 1.82. The molecule has 0 aromatic rings. The lowest BCUT2D eigenvalue weighted by molar-refractivity contribution is 0.219. The average Bonchev–Trinajstić information content (AvgIpc) is 2.48. The predicted octanol–water partition coefficient (Wildman–Crippen LogP) is 0.407. The summed E-state index contributed by atoms with van der Waals surface area (Å²) in [6, 6.07) is 2.06. The van der Waals surface area contributed by atoms with E-state index in [9.17, 15) is 8.42 Å². The maximum Gasteiger partial charge on any atom is 0.151 e. The monoisotopic (exact) mass is 216 g/mol. The molecule has 1 rings (SSSR count). The van der Waals surface area contributed by atoms with Crippen molar-refractivity contribution in [2.45, 2.75) is 31.8 Å². The summed E-state index contributed by atoms with van der Waals surface area (Å²) >= 11 is 0. The molecule has 1 heterocycles. The van der Waals surface area contributed by atoms with Crippen LogP contribution in [-0.2, 0) is 9.84 Å². The van der Waals surface area contributed by atoms with Crippen molar-refractivity contribution in [2.24, 2.45) is 0 Å². The van der Waals surface area contributed by atoms with Crippen LogP contribution >= 0.6 is 0 Å². The number of hydrogen-bond donors (Lipinski definition) is 0. The summed E-state index contributed by atoms with van der Waals surface area (Å²) in [6.07, 6.45) is 1.40. The Labute approximate surface area is 85.4 Å². The van der Waals surface area contributed by atoms with Gasteiger partial charge in [0.15, 0.2) is 9.84 Å². The molecule has 1 aliphatic heterocycles. The molecule has 1 aliphatic rings. The molecule has 1 fully saturated rings. The van der Waals surface area contributed by atoms with Gasteiger partial charge in [0, 0.05) is 6.04 Å². The number of rotatable bonds is 3. The van der Waals surface area contributed by atoms with Crippen LogP contribution in [0.4, 0.5) is 0 Å². The number of nitriles is 1. The second-order valence-corrected chi connectivity index (χ2v) is 6.00. The van der Waals surface area contributed by atoms with Crippen molar-refractivity contribution in [3.63, 3.8) is 0 Å². The lowest BCUT2D eigenvalue weighted by atomic mass is 10.1. The van der Waals surface area contributed by atoms with Gasteiger partial charge >= 0.3 is 0 Å². The van der Waals surface area contributed by atoms with Gasteiger partial charge in [-0.3, -0.25) is 4.90 Å². The molecule has 2 unspecified atom stereocenters. The second-order valence-electron chi connectivity index (χ2n) is 3.78. The fraction of sp³-hybridized carbons (Fsp3) is 0.889. The van der Waals surface area contributed by atoms with Gasteiger partial charge in [0.05, 0.1) is 23.6 Å². The molecule has 0 amide bonds. The maximum atomic E-state index is 11.2. The molecule has 5 heteroatoms. The summed E-state index contributed by atoms with van der Waals surface area (Å²) in [4.78, 5) is 1.89. The van der Waals surface area contributed by atoms with Crippen molar-refractivity contribution < 1.29 is 8.42 Å². The van der Waals surface area contributed by atoms with Gasteiger partial charge in [0.1, 0.15) is 0 Å². The van der Waals surface area contributed by atoms with E-state index in [0.717, 1.165) is 6.42 Å². The third-order valence-electron chi connectivity index (χ3n) is 2.81. The molecular formula is C9H16N2O2S. The number of hydrogen-bond acceptors (Lipinski definition) is 4. The van der Waals surface area contributed by atoms with Crippen molar-refractivity contribution in [2.75, 3.05) is 18.6 Å². The first-order valence-electron chi connectivity index (χ1n) is 4.82. The van der Waals surface area contributed by atoms with Crippen LogP contribution in [0, 0.1) is 11.3 Å². The van der Waals surface area contributed by atoms with E-state index >= 15 is 0 Å². The second kappa shape index (κ2) is 4.28. The molecular weight excluding hydrogens is 200 g/mol. The molecule has 0 N–H and O–H groups in total. The quantitative estimate of drug-likeness (QED) is 0.685. The third-order valence-corrected chi connectivity index (χ3v) is 4.56. The predicted molar refractivity (Wildman–Crippen MR) is 54.5 cm³/mol. The van der Waals surface area contributed by atoms with E-state index < -0.39 is 9.84 Å². The Hall–Kier alpha value is -0.600. The molecule has 0 aromatic heterocycles. The SMILES string of the molecule is CCC(C#N)N(C)C1CCS(=O)(=O)C1. The summed E-state index contributed by atoms with van der Waals surface area (Å²) in [6.45, 7) is 1.94. The average molecular weight is 216 g/mol. The van der Waals surface area contributed by atoms with E-state index in [4.69, 9.17) is 5.26 Å². The fourth-order valence-corrected chi connectivity index (χ4v) is 3.61. The van der Waals surface area contributed by atoms with Crippen molar-refractivity contribution in [3.05, 3.63) is 0 Å². The van der Waals surface area contributed by atoms with E-state index in [-0.39, 0.29) is 23.6 Å². The van der Waals surface area contributed by atoms with Crippen LogP contribution in [0.2, 0.25) is 0 Å². The van der Waals surface area contributed by atoms with Gasteiger partial charge in [-0.25, -0.2) is 8.42 Å². The Bertz CT molecular complexity index is 331. The number of sulfone groups is 1. The molecule has 0 radical (unpaired) electrons. The minimum atomic E-state index is -2.84. The van der Waals surface area contributed by atoms with Gasteiger partial charge < -0.3 is 0 Å². The largest absolute Gasteiger partial charge is 0.287 e. The highest BCUT2D eigenvalue weighted by molar-refractivity contribution is 7.91. The Balaban J connectivity index is 2.64. The van der Waals surface area contributed by atoms with Gasteiger partial charge in [-0.15, -0.1) is 0 Å². The molecule has 0 saturated carbocycles. The van der Waals surface area contributed by atoms with Crippen molar-refractivity contribution in [3.8, 4) is 6.07 Å². The summed E-state index contributed by atoms with van der Waals surface area (Å²) < 4.78 is 22.5. The summed E-state index contributed by atoms with van der Waals surface area (Å²) in [5.74, 6) is 0.478. The first kappa shape index (κ1) is 11.5. The normalized spacial score (nSPS) is 27.4. The standard InChI is InChI=1S/C9H16N2O2S/c1-3-8(6-10)11(2)9-4-5-14(12,13)7-9/h8-9H,3-5,7H2,1-2H3. The Kier molecular flexibility index (Phi) is 3.51. The zero-order valence-electron chi connectivity index (χ0n) is 8.60. The highest BCUT2D eigenvalue weighted by atomic mass is 32.2. The topological polar surface area (TPSA) is 61.2 Å². The van der Waals surface area contributed by atoms with Gasteiger partial charge in [-0.05, 0) is 19.9 Å². The molecule has 1 saturated heterocycles. The van der Waals surface area contributed by atoms with Gasteiger partial charge in [-0.2, -0.15) is 5.26 Å². The zero-order chi connectivity index (χ0) is 10.8. The van der Waals surface area contributed by atoms with Crippen molar-refractivity contribution >= 4 is 9.84 Å². The van der Waals surface area contributed by atoms with E-state index in [1.54, 1.807) is 0 Å². The van der Waals surface area contributed by atoms with E-state index in [1.807, 2.05) is 18.9 Å². The lowest BCUT2D eigenvalue weighted by Gasteiger charge is -2.26. The highest BCUT2D eigenvalue weighted by Crippen LogP contribution is 2.19. The highest BCUT2D eigenvalue weighted by Gasteiger charge is 2.32. The van der Waals surface area contributed by atoms with Crippen molar-refractivity contribution in [1.29, 1.82) is 5.26 Å². The minimum Gasteiger partial charge on any atom is -0.287 e. The summed E-state index contributed by atoms with van der Waals surface area (Å²) in [7, 11) is -1.01. The zero-order valence-corrected chi connectivity index (χ0v) is 9.42. The Morgan fingerprint density at radius 3 is 2.64 bits per heavy atom. The van der Waals surface area contributed by atoms with Gasteiger partial charge in [0.25, 0.3) is 0 Å². The van der Waals surface area contributed by atoms with E-state index in [0.29, 0.717) is 6.42 Å². The Morgan fingerprint density at radius 2 is 2.29 bits per heavy atom. The smallest absolute Gasteiger partial charge is 0.151 e. The molecule has 0 aliphatic carbocycles. The molecule has 14 heavy (non-hydrogen) atoms. The van der Waals surface area contributed by atoms with E-state index in [2.05, 4.69) is 6.07 Å². The summed E-state index contributed by atoms with van der Waals surface area (Å²) in [5, 5.41) is 8.85. The van der Waals surface area contributed by atoms with Crippen LogP contribution in [-0.4, -0.2) is 44.0 Å². The molecule has 0 aromatic carbocycles. The molecule has 4 nitrogen and oxygen atoms in total. The molecule has 0 bridgehead atoms. The molecule has 80 valence electrons. The lowest BCUT2D eigenvalue weighted by Crippen LogP contribution is -2.39. The van der Waals surface area contributed by atoms with Gasteiger partial charge in [-0.1, -0.05) is 6.92 Å². The maximum absolute atomic E-state index is 11.2. The van der Waals surface area contributed by atoms with Crippen LogP contribution in [0.3, 0.4) is 0 Å². The third kappa shape index (κ3) is 2.46. The number of nitrogens with zero attached hydrogens (tertiary/aromatic N) is 2. The van der Waals surface area contributed by atoms with E-state index in [1.165, 1.54) is 0 Å². The summed E-state index contributed by atoms with van der Waals surface area (Å²) in [5.41, 5.74) is 0. The van der Waals surface area contributed by atoms with Crippen LogP contribution in [0.15, 0.2) is 0 Å². The van der Waals surface area contributed by atoms with Crippen LogP contribution in [0.1, 0.15) is 19.8 Å². The minimum absolute atomic E-state index is 0.0320. The Morgan fingerprint density at radius 1 is 1.64 bits per heavy atom. The molecule has 0 spiro atoms.